The third kappa shape index (κ3) is 1.98. The highest BCUT2D eigenvalue weighted by atomic mass is 35.5. The number of halogens is 1. The van der Waals surface area contributed by atoms with Crippen molar-refractivity contribution in [3.63, 3.8) is 0 Å². The molecule has 0 aliphatic rings. The molecule has 2 N–H and O–H groups in total. The fourth-order valence-electron chi connectivity index (χ4n) is 1.60. The second kappa shape index (κ2) is 4.44. The van der Waals surface area contributed by atoms with Crippen LogP contribution in [0.3, 0.4) is 0 Å². The average molecular weight is 277 g/mol. The van der Waals surface area contributed by atoms with Crippen LogP contribution in [0.25, 0.3) is 16.4 Å². The molecule has 18 heavy (non-hydrogen) atoms. The van der Waals surface area contributed by atoms with Crippen molar-refractivity contribution in [2.75, 3.05) is 5.73 Å². The Labute approximate surface area is 113 Å². The van der Waals surface area contributed by atoms with Crippen molar-refractivity contribution < 1.29 is 0 Å². The lowest BCUT2D eigenvalue weighted by atomic mass is 10.2. The fourth-order valence-corrected chi connectivity index (χ4v) is 2.56. The molecule has 0 bridgehead atoms. The molecule has 0 spiro atoms. The SMILES string of the molecule is Nc1nccn1-c1nc(-c2ccc(Cl)cc2)cs1. The summed E-state index contributed by atoms with van der Waals surface area (Å²) in [6.45, 7) is 0. The zero-order valence-electron chi connectivity index (χ0n) is 9.25. The van der Waals surface area contributed by atoms with E-state index in [1.165, 1.54) is 11.3 Å². The summed E-state index contributed by atoms with van der Waals surface area (Å²) in [5.74, 6) is 0.437. The molecule has 0 aliphatic carbocycles. The van der Waals surface area contributed by atoms with E-state index < -0.39 is 0 Å². The van der Waals surface area contributed by atoms with Crippen LogP contribution in [0.1, 0.15) is 0 Å². The Kier molecular flexibility index (Phi) is 2.77. The van der Waals surface area contributed by atoms with Gasteiger partial charge in [0, 0.05) is 28.4 Å². The lowest BCUT2D eigenvalue weighted by molar-refractivity contribution is 1.05. The van der Waals surface area contributed by atoms with Crippen molar-refractivity contribution in [3.05, 3.63) is 47.1 Å². The molecule has 4 nitrogen and oxygen atoms in total. The Morgan fingerprint density at radius 1 is 1.22 bits per heavy atom. The van der Waals surface area contributed by atoms with Crippen molar-refractivity contribution in [2.24, 2.45) is 0 Å². The summed E-state index contributed by atoms with van der Waals surface area (Å²) in [6.07, 6.45) is 3.44. The average Bonchev–Trinajstić information content (AvgIpc) is 2.98. The Balaban J connectivity index is 1.99. The van der Waals surface area contributed by atoms with E-state index in [9.17, 15) is 0 Å². The molecule has 3 rings (SSSR count). The van der Waals surface area contributed by atoms with Crippen molar-refractivity contribution in [2.45, 2.75) is 0 Å². The smallest absolute Gasteiger partial charge is 0.206 e. The summed E-state index contributed by atoms with van der Waals surface area (Å²) >= 11 is 7.38. The van der Waals surface area contributed by atoms with Gasteiger partial charge in [0.25, 0.3) is 0 Å². The van der Waals surface area contributed by atoms with Crippen LogP contribution >= 0.6 is 22.9 Å². The molecule has 0 amide bonds. The second-order valence-electron chi connectivity index (χ2n) is 3.68. The summed E-state index contributed by atoms with van der Waals surface area (Å²) in [5, 5.41) is 3.50. The van der Waals surface area contributed by atoms with Gasteiger partial charge in [0.2, 0.25) is 5.95 Å². The minimum Gasteiger partial charge on any atom is -0.369 e. The quantitative estimate of drug-likeness (QED) is 0.782. The molecule has 0 saturated heterocycles. The molecule has 0 radical (unpaired) electrons. The molecular formula is C12H9ClN4S. The number of aromatic nitrogens is 3. The van der Waals surface area contributed by atoms with Gasteiger partial charge >= 0.3 is 0 Å². The van der Waals surface area contributed by atoms with Crippen molar-refractivity contribution >= 4 is 28.9 Å². The van der Waals surface area contributed by atoms with Gasteiger partial charge in [0.15, 0.2) is 5.13 Å². The van der Waals surface area contributed by atoms with E-state index in [0.717, 1.165) is 16.4 Å². The first-order valence-electron chi connectivity index (χ1n) is 5.25. The first kappa shape index (κ1) is 11.3. The highest BCUT2D eigenvalue weighted by molar-refractivity contribution is 7.12. The molecule has 0 saturated carbocycles. The summed E-state index contributed by atoms with van der Waals surface area (Å²) in [7, 11) is 0. The molecule has 1 aromatic carbocycles. The third-order valence-electron chi connectivity index (χ3n) is 2.51. The highest BCUT2D eigenvalue weighted by Crippen LogP contribution is 2.26. The van der Waals surface area contributed by atoms with Crippen LogP contribution in [0.5, 0.6) is 0 Å². The Bertz CT molecular complexity index is 671. The molecule has 90 valence electrons. The van der Waals surface area contributed by atoms with Crippen LogP contribution in [0.2, 0.25) is 5.02 Å². The number of anilines is 1. The van der Waals surface area contributed by atoms with E-state index in [1.54, 1.807) is 17.0 Å². The number of hydrogen-bond donors (Lipinski definition) is 1. The van der Waals surface area contributed by atoms with Crippen LogP contribution in [-0.4, -0.2) is 14.5 Å². The molecule has 3 aromatic rings. The lowest BCUT2D eigenvalue weighted by Crippen LogP contribution is -1.98. The normalized spacial score (nSPS) is 10.7. The van der Waals surface area contributed by atoms with E-state index in [2.05, 4.69) is 9.97 Å². The molecule has 0 atom stereocenters. The van der Waals surface area contributed by atoms with Crippen molar-refractivity contribution in [3.8, 4) is 16.4 Å². The van der Waals surface area contributed by atoms with Gasteiger partial charge in [-0.1, -0.05) is 23.7 Å². The minimum absolute atomic E-state index is 0.437. The standard InChI is InChI=1S/C12H9ClN4S/c13-9-3-1-8(2-4-9)10-7-18-12(16-10)17-6-5-15-11(17)14/h1-7H,(H2,14,15). The van der Waals surface area contributed by atoms with Gasteiger partial charge < -0.3 is 5.73 Å². The summed E-state index contributed by atoms with van der Waals surface area (Å²) in [6, 6.07) is 7.58. The van der Waals surface area contributed by atoms with Gasteiger partial charge in [-0.2, -0.15) is 0 Å². The molecule has 2 heterocycles. The maximum atomic E-state index is 5.86. The largest absolute Gasteiger partial charge is 0.369 e. The summed E-state index contributed by atoms with van der Waals surface area (Å²) < 4.78 is 1.75. The Morgan fingerprint density at radius 3 is 2.67 bits per heavy atom. The van der Waals surface area contributed by atoms with E-state index in [-0.39, 0.29) is 0 Å². The van der Waals surface area contributed by atoms with E-state index in [1.807, 2.05) is 29.6 Å². The van der Waals surface area contributed by atoms with E-state index >= 15 is 0 Å². The van der Waals surface area contributed by atoms with Gasteiger partial charge in [-0.05, 0) is 12.1 Å². The van der Waals surface area contributed by atoms with Crippen LogP contribution in [0, 0.1) is 0 Å². The van der Waals surface area contributed by atoms with Gasteiger partial charge in [-0.3, -0.25) is 4.57 Å². The maximum Gasteiger partial charge on any atom is 0.206 e. The molecular weight excluding hydrogens is 268 g/mol. The van der Waals surface area contributed by atoms with Gasteiger partial charge in [0.05, 0.1) is 5.69 Å². The zero-order valence-corrected chi connectivity index (χ0v) is 10.8. The van der Waals surface area contributed by atoms with E-state index in [4.69, 9.17) is 17.3 Å². The van der Waals surface area contributed by atoms with E-state index in [0.29, 0.717) is 11.0 Å². The minimum atomic E-state index is 0.437. The molecule has 0 aliphatic heterocycles. The molecule has 2 aromatic heterocycles. The second-order valence-corrected chi connectivity index (χ2v) is 4.95. The van der Waals surface area contributed by atoms with Gasteiger partial charge in [-0.25, -0.2) is 9.97 Å². The Hall–Kier alpha value is -1.85. The Morgan fingerprint density at radius 2 is 2.00 bits per heavy atom. The molecule has 0 fully saturated rings. The van der Waals surface area contributed by atoms with Gasteiger partial charge in [0.1, 0.15) is 0 Å². The van der Waals surface area contributed by atoms with Crippen LogP contribution in [-0.2, 0) is 0 Å². The summed E-state index contributed by atoms with van der Waals surface area (Å²) in [5.41, 5.74) is 7.67. The number of thiazole rings is 1. The number of hydrogen-bond acceptors (Lipinski definition) is 4. The first-order valence-corrected chi connectivity index (χ1v) is 6.50. The number of imidazole rings is 1. The molecule has 6 heteroatoms. The van der Waals surface area contributed by atoms with Crippen LogP contribution in [0.15, 0.2) is 42.0 Å². The van der Waals surface area contributed by atoms with Crippen molar-refractivity contribution in [1.82, 2.24) is 14.5 Å². The topological polar surface area (TPSA) is 56.7 Å². The van der Waals surface area contributed by atoms with Crippen molar-refractivity contribution in [1.29, 1.82) is 0 Å². The number of nitrogens with two attached hydrogens (primary N) is 1. The zero-order chi connectivity index (χ0) is 12.5. The number of nitrogens with zero attached hydrogens (tertiary/aromatic N) is 3. The fraction of sp³-hybridized carbons (Fsp3) is 0. The van der Waals surface area contributed by atoms with Crippen LogP contribution in [0.4, 0.5) is 5.95 Å². The number of nitrogen functional groups attached to an aromatic ring is 1. The third-order valence-corrected chi connectivity index (χ3v) is 3.60. The van der Waals surface area contributed by atoms with Gasteiger partial charge in [-0.15, -0.1) is 11.3 Å². The number of benzene rings is 1. The summed E-state index contributed by atoms with van der Waals surface area (Å²) in [4.78, 5) is 8.51. The number of rotatable bonds is 2. The van der Waals surface area contributed by atoms with Crippen LogP contribution < -0.4 is 5.73 Å². The predicted octanol–water partition coefficient (Wildman–Crippen LogP) is 3.23. The maximum absolute atomic E-state index is 5.86. The predicted molar refractivity (Wildman–Crippen MR) is 74.1 cm³/mol. The molecule has 0 unspecified atom stereocenters. The first-order chi connectivity index (χ1) is 8.74. The highest BCUT2D eigenvalue weighted by Gasteiger charge is 2.08. The lowest BCUT2D eigenvalue weighted by Gasteiger charge is -1.98. The monoisotopic (exact) mass is 276 g/mol.